The minimum atomic E-state index is -1.21. The SMILES string of the molecule is CC(N(C)C(=O)NC1(C(=O)O)CCOCC1)C(C)(C)C. The van der Waals surface area contributed by atoms with E-state index in [4.69, 9.17) is 4.74 Å². The Kier molecular flexibility index (Phi) is 5.02. The molecular formula is C14H26N2O4. The van der Waals surface area contributed by atoms with Gasteiger partial charge in [-0.1, -0.05) is 20.8 Å². The number of carboxylic acid groups (broad SMARTS) is 1. The molecule has 0 radical (unpaired) electrons. The number of hydrogen-bond donors (Lipinski definition) is 2. The summed E-state index contributed by atoms with van der Waals surface area (Å²) in [4.78, 5) is 25.4. The molecule has 1 saturated heterocycles. The first-order valence-electron chi connectivity index (χ1n) is 6.96. The molecule has 0 aromatic carbocycles. The number of nitrogens with zero attached hydrogens (tertiary/aromatic N) is 1. The van der Waals surface area contributed by atoms with Crippen molar-refractivity contribution < 1.29 is 19.4 Å². The number of carbonyl (C=O) groups is 2. The van der Waals surface area contributed by atoms with Gasteiger partial charge in [0.05, 0.1) is 0 Å². The molecule has 20 heavy (non-hydrogen) atoms. The summed E-state index contributed by atoms with van der Waals surface area (Å²) < 4.78 is 5.19. The lowest BCUT2D eigenvalue weighted by atomic mass is 9.87. The van der Waals surface area contributed by atoms with Crippen LogP contribution in [0.5, 0.6) is 0 Å². The van der Waals surface area contributed by atoms with Crippen molar-refractivity contribution in [2.75, 3.05) is 20.3 Å². The van der Waals surface area contributed by atoms with E-state index in [1.807, 2.05) is 27.7 Å². The molecule has 6 heteroatoms. The molecule has 0 saturated carbocycles. The number of carboxylic acids is 1. The molecule has 2 amide bonds. The topological polar surface area (TPSA) is 78.9 Å². The van der Waals surface area contributed by atoms with E-state index in [1.165, 1.54) is 0 Å². The number of hydrogen-bond acceptors (Lipinski definition) is 3. The fourth-order valence-electron chi connectivity index (χ4n) is 2.16. The molecule has 0 aromatic rings. The zero-order valence-corrected chi connectivity index (χ0v) is 13.0. The van der Waals surface area contributed by atoms with Crippen LogP contribution in [-0.4, -0.2) is 53.8 Å². The van der Waals surface area contributed by atoms with Crippen molar-refractivity contribution >= 4 is 12.0 Å². The highest BCUT2D eigenvalue weighted by Gasteiger charge is 2.43. The molecule has 0 spiro atoms. The Bertz CT molecular complexity index is 370. The molecule has 0 bridgehead atoms. The third kappa shape index (κ3) is 3.62. The maximum absolute atomic E-state index is 12.3. The average Bonchev–Trinajstić information content (AvgIpc) is 2.36. The Morgan fingerprint density at radius 1 is 1.30 bits per heavy atom. The lowest BCUT2D eigenvalue weighted by Gasteiger charge is -2.39. The summed E-state index contributed by atoms with van der Waals surface area (Å²) in [5.74, 6) is -0.994. The molecule has 1 rings (SSSR count). The van der Waals surface area contributed by atoms with E-state index in [-0.39, 0.29) is 17.5 Å². The van der Waals surface area contributed by atoms with Gasteiger partial charge in [-0.25, -0.2) is 9.59 Å². The third-order valence-electron chi connectivity index (χ3n) is 4.26. The Labute approximate surface area is 120 Å². The van der Waals surface area contributed by atoms with Gasteiger partial charge in [-0.3, -0.25) is 0 Å². The van der Waals surface area contributed by atoms with Crippen LogP contribution in [0.1, 0.15) is 40.5 Å². The zero-order valence-electron chi connectivity index (χ0n) is 13.0. The Balaban J connectivity index is 2.79. The van der Waals surface area contributed by atoms with Crippen molar-refractivity contribution in [3.8, 4) is 0 Å². The molecule has 1 aliphatic rings. The lowest BCUT2D eigenvalue weighted by molar-refractivity contribution is -0.148. The minimum Gasteiger partial charge on any atom is -0.480 e. The highest BCUT2D eigenvalue weighted by Crippen LogP contribution is 2.25. The average molecular weight is 286 g/mol. The van der Waals surface area contributed by atoms with Crippen LogP contribution in [0.15, 0.2) is 0 Å². The summed E-state index contributed by atoms with van der Waals surface area (Å²) >= 11 is 0. The van der Waals surface area contributed by atoms with E-state index in [2.05, 4.69) is 5.32 Å². The van der Waals surface area contributed by atoms with Gasteiger partial charge in [-0.15, -0.1) is 0 Å². The molecule has 6 nitrogen and oxygen atoms in total. The molecule has 1 fully saturated rings. The standard InChI is InChI=1S/C14H26N2O4/c1-10(13(2,3)4)16(5)12(19)15-14(11(17)18)6-8-20-9-7-14/h10H,6-9H2,1-5H3,(H,15,19)(H,17,18). The number of nitrogens with one attached hydrogen (secondary N) is 1. The molecule has 1 atom stereocenters. The molecule has 1 aliphatic heterocycles. The summed E-state index contributed by atoms with van der Waals surface area (Å²) in [5.41, 5.74) is -1.28. The maximum Gasteiger partial charge on any atom is 0.329 e. The second-order valence-electron chi connectivity index (χ2n) is 6.58. The quantitative estimate of drug-likeness (QED) is 0.827. The molecule has 116 valence electrons. The summed E-state index contributed by atoms with van der Waals surface area (Å²) in [6.07, 6.45) is 0.595. The van der Waals surface area contributed by atoms with Gasteiger partial charge in [0.1, 0.15) is 5.54 Å². The predicted octanol–water partition coefficient (Wildman–Crippen LogP) is 1.70. The number of carbonyl (C=O) groups excluding carboxylic acids is 1. The number of urea groups is 1. The van der Waals surface area contributed by atoms with E-state index in [0.717, 1.165) is 0 Å². The maximum atomic E-state index is 12.3. The van der Waals surface area contributed by atoms with Crippen LogP contribution in [0.25, 0.3) is 0 Å². The van der Waals surface area contributed by atoms with Crippen LogP contribution in [-0.2, 0) is 9.53 Å². The van der Waals surface area contributed by atoms with Crippen LogP contribution < -0.4 is 5.32 Å². The van der Waals surface area contributed by atoms with E-state index in [1.54, 1.807) is 11.9 Å². The number of rotatable bonds is 3. The third-order valence-corrected chi connectivity index (χ3v) is 4.26. The summed E-state index contributed by atoms with van der Waals surface area (Å²) in [6.45, 7) is 8.79. The van der Waals surface area contributed by atoms with Gasteiger partial charge in [0.15, 0.2) is 0 Å². The highest BCUT2D eigenvalue weighted by atomic mass is 16.5. The summed E-state index contributed by atoms with van der Waals surface area (Å²) in [5, 5.41) is 12.1. The zero-order chi connectivity index (χ0) is 15.6. The Morgan fingerprint density at radius 3 is 2.20 bits per heavy atom. The van der Waals surface area contributed by atoms with Crippen molar-refractivity contribution in [3.63, 3.8) is 0 Å². The second kappa shape index (κ2) is 5.99. The number of ether oxygens (including phenoxy) is 1. The molecule has 0 aromatic heterocycles. The highest BCUT2D eigenvalue weighted by molar-refractivity contribution is 5.86. The predicted molar refractivity (Wildman–Crippen MR) is 75.6 cm³/mol. The number of amides is 2. The monoisotopic (exact) mass is 286 g/mol. The number of aliphatic carboxylic acids is 1. The van der Waals surface area contributed by atoms with E-state index in [9.17, 15) is 14.7 Å². The van der Waals surface area contributed by atoms with Crippen LogP contribution in [0.4, 0.5) is 4.79 Å². The smallest absolute Gasteiger partial charge is 0.329 e. The van der Waals surface area contributed by atoms with Gasteiger partial charge in [-0.2, -0.15) is 0 Å². The van der Waals surface area contributed by atoms with Gasteiger partial charge in [-0.05, 0) is 12.3 Å². The Hall–Kier alpha value is -1.30. The lowest BCUT2D eigenvalue weighted by Crippen LogP contribution is -2.61. The van der Waals surface area contributed by atoms with Crippen LogP contribution >= 0.6 is 0 Å². The first kappa shape index (κ1) is 16.8. The van der Waals surface area contributed by atoms with Gasteiger partial charge >= 0.3 is 12.0 Å². The van der Waals surface area contributed by atoms with E-state index in [0.29, 0.717) is 26.1 Å². The van der Waals surface area contributed by atoms with Crippen molar-refractivity contribution in [2.45, 2.75) is 52.1 Å². The largest absolute Gasteiger partial charge is 0.480 e. The first-order valence-corrected chi connectivity index (χ1v) is 6.96. The van der Waals surface area contributed by atoms with Gasteiger partial charge in [0.2, 0.25) is 0 Å². The van der Waals surface area contributed by atoms with Crippen LogP contribution in [0.2, 0.25) is 0 Å². The van der Waals surface area contributed by atoms with Crippen LogP contribution in [0, 0.1) is 5.41 Å². The van der Waals surface area contributed by atoms with Crippen molar-refractivity contribution in [3.05, 3.63) is 0 Å². The Morgan fingerprint density at radius 2 is 1.80 bits per heavy atom. The first-order chi connectivity index (χ1) is 9.10. The van der Waals surface area contributed by atoms with E-state index >= 15 is 0 Å². The molecule has 1 unspecified atom stereocenters. The van der Waals surface area contributed by atoms with Crippen molar-refractivity contribution in [2.24, 2.45) is 5.41 Å². The molecule has 1 heterocycles. The molecular weight excluding hydrogens is 260 g/mol. The minimum absolute atomic E-state index is 0.00631. The van der Waals surface area contributed by atoms with Gasteiger partial charge in [0, 0.05) is 39.1 Å². The fourth-order valence-corrected chi connectivity index (χ4v) is 2.16. The van der Waals surface area contributed by atoms with Crippen molar-refractivity contribution in [1.29, 1.82) is 0 Å². The van der Waals surface area contributed by atoms with Crippen molar-refractivity contribution in [1.82, 2.24) is 10.2 Å². The van der Waals surface area contributed by atoms with Gasteiger partial charge < -0.3 is 20.1 Å². The molecule has 0 aliphatic carbocycles. The van der Waals surface area contributed by atoms with Gasteiger partial charge in [0.25, 0.3) is 0 Å². The fraction of sp³-hybridized carbons (Fsp3) is 0.857. The molecule has 2 N–H and O–H groups in total. The normalized spacial score (nSPS) is 20.1. The second-order valence-corrected chi connectivity index (χ2v) is 6.58. The summed E-state index contributed by atoms with van der Waals surface area (Å²) in [6, 6.07) is -0.357. The van der Waals surface area contributed by atoms with Crippen LogP contribution in [0.3, 0.4) is 0 Å². The summed E-state index contributed by atoms with van der Waals surface area (Å²) in [7, 11) is 1.69. The van der Waals surface area contributed by atoms with E-state index < -0.39 is 11.5 Å².